The summed E-state index contributed by atoms with van der Waals surface area (Å²) in [5, 5.41) is 19.2. The van der Waals surface area contributed by atoms with Gasteiger partial charge in [-0.1, -0.05) is 18.2 Å². The minimum absolute atomic E-state index is 0.103. The van der Waals surface area contributed by atoms with Crippen molar-refractivity contribution in [3.05, 3.63) is 58.9 Å². The predicted molar refractivity (Wildman–Crippen MR) is 118 cm³/mol. The lowest BCUT2D eigenvalue weighted by molar-refractivity contribution is 0.00991. The highest BCUT2D eigenvalue weighted by Crippen LogP contribution is 2.55. The number of ether oxygens (including phenoxy) is 1. The van der Waals surface area contributed by atoms with Gasteiger partial charge in [-0.3, -0.25) is 9.62 Å². The highest BCUT2D eigenvalue weighted by molar-refractivity contribution is 7.92. The van der Waals surface area contributed by atoms with Gasteiger partial charge in [0.15, 0.2) is 0 Å². The number of hydrogen-bond acceptors (Lipinski definition) is 6. The second-order valence-electron chi connectivity index (χ2n) is 8.69. The largest absolute Gasteiger partial charge is 0.492 e. The number of nitrogens with one attached hydrogen (secondary N) is 1. The van der Waals surface area contributed by atoms with Crippen LogP contribution in [-0.4, -0.2) is 61.8 Å². The fraction of sp³-hybridized carbons (Fsp3) is 0.348. The van der Waals surface area contributed by atoms with Crippen LogP contribution in [0.15, 0.2) is 41.3 Å². The van der Waals surface area contributed by atoms with Crippen LogP contribution in [0.1, 0.15) is 33.8 Å². The Morgan fingerprint density at radius 1 is 1.27 bits per heavy atom. The van der Waals surface area contributed by atoms with Crippen molar-refractivity contribution < 1.29 is 32.6 Å². The zero-order chi connectivity index (χ0) is 23.3. The first-order valence-electron chi connectivity index (χ1n) is 10.7. The number of aromatic carboxylic acids is 1. The minimum Gasteiger partial charge on any atom is -0.492 e. The number of benzene rings is 2. The number of β-amino-alcohol motifs (C(OH)–C–C–N with tert-alkyl or cyclic N) is 1. The van der Waals surface area contributed by atoms with Crippen LogP contribution in [0.25, 0.3) is 6.08 Å². The third-order valence-electron chi connectivity index (χ3n) is 6.27. The summed E-state index contributed by atoms with van der Waals surface area (Å²) in [6, 6.07) is 6.44. The average Bonchev–Trinajstić information content (AvgIpc) is 3.51. The number of rotatable bonds is 7. The molecule has 2 heterocycles. The van der Waals surface area contributed by atoms with Gasteiger partial charge in [0.05, 0.1) is 23.3 Å². The Labute approximate surface area is 190 Å². The van der Waals surface area contributed by atoms with Gasteiger partial charge in [0.2, 0.25) is 0 Å². The number of halogens is 1. The van der Waals surface area contributed by atoms with E-state index in [2.05, 4.69) is 4.72 Å². The predicted octanol–water partition coefficient (Wildman–Crippen LogP) is 2.51. The van der Waals surface area contributed by atoms with Gasteiger partial charge in [-0.25, -0.2) is 17.6 Å². The Balaban J connectivity index is 1.45. The molecule has 0 unspecified atom stereocenters. The molecular weight excluding hydrogens is 451 g/mol. The molecule has 0 radical (unpaired) electrons. The first kappa shape index (κ1) is 21.9. The van der Waals surface area contributed by atoms with Gasteiger partial charge in [0, 0.05) is 25.6 Å². The molecule has 5 rings (SSSR count). The summed E-state index contributed by atoms with van der Waals surface area (Å²) in [7, 11) is -4.24. The molecule has 2 fully saturated rings. The van der Waals surface area contributed by atoms with Crippen molar-refractivity contribution in [2.75, 3.05) is 31.0 Å². The van der Waals surface area contributed by atoms with Crippen LogP contribution >= 0.6 is 0 Å². The van der Waals surface area contributed by atoms with E-state index in [0.29, 0.717) is 32.2 Å². The maximum absolute atomic E-state index is 13.9. The van der Waals surface area contributed by atoms with E-state index in [9.17, 15) is 27.8 Å². The van der Waals surface area contributed by atoms with Crippen molar-refractivity contribution in [3.63, 3.8) is 0 Å². The molecule has 2 aromatic carbocycles. The molecule has 1 saturated carbocycles. The SMILES string of the molecule is O=C(O)c1c(NS(=O)(=O)c2ccc(F)cc2/C=C\CN2CC(O)C2)ccc2c1OC[C@H]1C[C@@H]21. The number of carboxylic acids is 1. The van der Waals surface area contributed by atoms with Gasteiger partial charge in [0.1, 0.15) is 17.1 Å². The first-order valence-corrected chi connectivity index (χ1v) is 12.1. The third kappa shape index (κ3) is 4.21. The fourth-order valence-electron chi connectivity index (χ4n) is 4.46. The Bertz CT molecular complexity index is 1260. The number of carboxylic acid groups (broad SMARTS) is 1. The van der Waals surface area contributed by atoms with Crippen LogP contribution < -0.4 is 9.46 Å². The number of nitrogens with zero attached hydrogens (tertiary/aromatic N) is 1. The van der Waals surface area contributed by atoms with Crippen molar-refractivity contribution >= 4 is 27.8 Å². The van der Waals surface area contributed by atoms with Crippen LogP contribution in [0.3, 0.4) is 0 Å². The topological polar surface area (TPSA) is 116 Å². The first-order chi connectivity index (χ1) is 15.7. The molecule has 0 spiro atoms. The highest BCUT2D eigenvalue weighted by Gasteiger charge is 2.45. The van der Waals surface area contributed by atoms with E-state index in [4.69, 9.17) is 4.74 Å². The Morgan fingerprint density at radius 3 is 2.79 bits per heavy atom. The van der Waals surface area contributed by atoms with Crippen molar-refractivity contribution in [2.24, 2.45) is 5.92 Å². The second-order valence-corrected chi connectivity index (χ2v) is 10.3. The molecule has 3 N–H and O–H groups in total. The lowest BCUT2D eigenvalue weighted by Crippen LogP contribution is -2.50. The number of aliphatic hydroxyl groups excluding tert-OH is 1. The normalized spacial score (nSPS) is 22.2. The molecule has 174 valence electrons. The molecule has 1 aliphatic carbocycles. The minimum atomic E-state index is -4.24. The molecule has 2 atom stereocenters. The number of sulfonamides is 1. The maximum atomic E-state index is 13.9. The van der Waals surface area contributed by atoms with E-state index in [0.717, 1.165) is 30.2 Å². The molecule has 33 heavy (non-hydrogen) atoms. The third-order valence-corrected chi connectivity index (χ3v) is 7.71. The lowest BCUT2D eigenvalue weighted by Gasteiger charge is -2.34. The number of likely N-dealkylation sites (tertiary alicyclic amines) is 1. The summed E-state index contributed by atoms with van der Waals surface area (Å²) >= 11 is 0. The summed E-state index contributed by atoms with van der Waals surface area (Å²) in [6.07, 6.45) is 3.77. The van der Waals surface area contributed by atoms with E-state index in [-0.39, 0.29) is 39.5 Å². The van der Waals surface area contributed by atoms with Crippen molar-refractivity contribution in [3.8, 4) is 5.75 Å². The maximum Gasteiger partial charge on any atom is 0.341 e. The molecule has 8 nitrogen and oxygen atoms in total. The number of aliphatic hydroxyl groups is 1. The van der Waals surface area contributed by atoms with Gasteiger partial charge in [-0.05, 0) is 47.7 Å². The average molecular weight is 475 g/mol. The van der Waals surface area contributed by atoms with Gasteiger partial charge in [0.25, 0.3) is 10.0 Å². The Kier molecular flexibility index (Phi) is 5.38. The quantitative estimate of drug-likeness (QED) is 0.565. The smallest absolute Gasteiger partial charge is 0.341 e. The summed E-state index contributed by atoms with van der Waals surface area (Å²) in [6.45, 7) is 1.95. The van der Waals surface area contributed by atoms with Crippen LogP contribution in [0.2, 0.25) is 0 Å². The summed E-state index contributed by atoms with van der Waals surface area (Å²) < 4.78 is 48.3. The van der Waals surface area contributed by atoms with Gasteiger partial charge < -0.3 is 14.9 Å². The number of carbonyl (C=O) groups is 1. The van der Waals surface area contributed by atoms with Gasteiger partial charge >= 0.3 is 5.97 Å². The fourth-order valence-corrected chi connectivity index (χ4v) is 5.72. The molecular formula is C23H23FN2O6S. The van der Waals surface area contributed by atoms with E-state index in [1.807, 2.05) is 4.90 Å². The van der Waals surface area contributed by atoms with Crippen LogP contribution in [-0.2, 0) is 10.0 Å². The molecule has 0 aromatic heterocycles. The van der Waals surface area contributed by atoms with E-state index in [1.165, 1.54) is 12.1 Å². The summed E-state index contributed by atoms with van der Waals surface area (Å²) in [4.78, 5) is 13.8. The summed E-state index contributed by atoms with van der Waals surface area (Å²) in [5.74, 6) is -1.05. The molecule has 1 saturated heterocycles. The number of hydrogen-bond donors (Lipinski definition) is 3. The van der Waals surface area contributed by atoms with Crippen molar-refractivity contribution in [1.29, 1.82) is 0 Å². The molecule has 2 aromatic rings. The zero-order valence-corrected chi connectivity index (χ0v) is 18.4. The van der Waals surface area contributed by atoms with Gasteiger partial charge in [-0.15, -0.1) is 0 Å². The van der Waals surface area contributed by atoms with E-state index >= 15 is 0 Å². The number of anilines is 1. The zero-order valence-electron chi connectivity index (χ0n) is 17.6. The molecule has 10 heteroatoms. The van der Waals surface area contributed by atoms with Crippen molar-refractivity contribution in [1.82, 2.24) is 4.90 Å². The second kappa shape index (κ2) is 8.12. The standard InChI is InChI=1S/C23H23FN2O6S/c24-15-3-6-20(13(8-15)2-1-7-26-10-16(27)11-26)33(30,31)25-19-5-4-17-18-9-14(18)12-32-22(17)21(19)23(28)29/h1-6,8,14,16,18,25,27H,7,9-12H2,(H,28,29)/b2-1-/t14-,18-/m1/s1. The molecule has 0 bridgehead atoms. The summed E-state index contributed by atoms with van der Waals surface area (Å²) in [5.41, 5.74) is 0.592. The lowest BCUT2D eigenvalue weighted by atomic mass is 10.0. The van der Waals surface area contributed by atoms with Crippen LogP contribution in [0.4, 0.5) is 10.1 Å². The van der Waals surface area contributed by atoms with E-state index in [1.54, 1.807) is 12.1 Å². The molecule has 3 aliphatic rings. The van der Waals surface area contributed by atoms with Gasteiger partial charge in [-0.2, -0.15) is 0 Å². The van der Waals surface area contributed by atoms with Crippen LogP contribution in [0, 0.1) is 11.7 Å². The monoisotopic (exact) mass is 474 g/mol. The Hall–Kier alpha value is -2.95. The Morgan fingerprint density at radius 2 is 2.06 bits per heavy atom. The van der Waals surface area contributed by atoms with Crippen LogP contribution in [0.5, 0.6) is 5.75 Å². The number of fused-ring (bicyclic) bond motifs is 3. The molecule has 2 aliphatic heterocycles. The van der Waals surface area contributed by atoms with E-state index < -0.39 is 21.8 Å². The highest BCUT2D eigenvalue weighted by atomic mass is 32.2. The van der Waals surface area contributed by atoms with Crippen molar-refractivity contribution in [2.45, 2.75) is 23.3 Å². The molecule has 0 amide bonds.